The largest absolute Gasteiger partial charge is 0.360 e. The number of amides is 2. The average molecular weight is 376 g/mol. The number of imide groups is 1. The van der Waals surface area contributed by atoms with Gasteiger partial charge in [-0.1, -0.05) is 48.2 Å². The molecule has 27 heavy (non-hydrogen) atoms. The van der Waals surface area contributed by atoms with Gasteiger partial charge in [0.25, 0.3) is 5.91 Å². The predicted octanol–water partition coefficient (Wildman–Crippen LogP) is 3.66. The molecule has 2 aromatic carbocycles. The number of aromatic nitrogens is 1. The molecule has 4 rings (SSSR count). The summed E-state index contributed by atoms with van der Waals surface area (Å²) in [4.78, 5) is 29.2. The average Bonchev–Trinajstić information content (AvgIpc) is 3.30. The quantitative estimate of drug-likeness (QED) is 0.430. The topological polar surface area (TPSA) is 77.9 Å². The highest BCUT2D eigenvalue weighted by molar-refractivity contribution is 8.15. The molecule has 0 spiro atoms. The van der Waals surface area contributed by atoms with Crippen LogP contribution in [-0.2, 0) is 4.79 Å². The van der Waals surface area contributed by atoms with Crippen molar-refractivity contribution in [2.45, 2.75) is 6.92 Å². The van der Waals surface area contributed by atoms with Crippen LogP contribution in [0.4, 0.5) is 0 Å². The standard InChI is InChI=1S/C20H16N4O2S/c1-13(16-11-21-17-10-6-5-9-15(16)17)22-23-20-24(18(25)12-27-20)19(26)14-7-3-2-4-8-14/h2-11,21H,12H2,1H3/b22-13-,23-20+. The van der Waals surface area contributed by atoms with Crippen LogP contribution in [0.3, 0.4) is 0 Å². The molecule has 0 atom stereocenters. The van der Waals surface area contributed by atoms with Gasteiger partial charge in [0.2, 0.25) is 5.91 Å². The Labute approximate surface area is 160 Å². The molecule has 3 aromatic rings. The Kier molecular flexibility index (Phi) is 4.60. The molecule has 0 radical (unpaired) electrons. The Morgan fingerprint density at radius 3 is 2.67 bits per heavy atom. The van der Waals surface area contributed by atoms with Crippen molar-refractivity contribution in [1.29, 1.82) is 0 Å². The summed E-state index contributed by atoms with van der Waals surface area (Å²) in [6.07, 6.45) is 1.88. The second kappa shape index (κ2) is 7.20. The normalized spacial score (nSPS) is 16.5. The number of hydrogen-bond donors (Lipinski definition) is 1. The van der Waals surface area contributed by atoms with E-state index in [1.807, 2.05) is 43.5 Å². The molecule has 0 bridgehead atoms. The first-order chi connectivity index (χ1) is 13.1. The molecular formula is C20H16N4O2S. The van der Waals surface area contributed by atoms with Gasteiger partial charge in [-0.25, -0.2) is 4.90 Å². The summed E-state index contributed by atoms with van der Waals surface area (Å²) in [6, 6.07) is 16.6. The Balaban J connectivity index is 1.65. The number of carbonyl (C=O) groups excluding carboxylic acids is 2. The summed E-state index contributed by atoms with van der Waals surface area (Å²) < 4.78 is 0. The summed E-state index contributed by atoms with van der Waals surface area (Å²) in [6.45, 7) is 1.85. The third kappa shape index (κ3) is 3.29. The first kappa shape index (κ1) is 17.2. The SMILES string of the molecule is C/C(=N/N=C1/SCC(=O)N1C(=O)c1ccccc1)c1c[nH]c2ccccc12. The number of para-hydroxylation sites is 1. The number of aromatic amines is 1. The zero-order valence-electron chi connectivity index (χ0n) is 14.5. The van der Waals surface area contributed by atoms with E-state index in [1.165, 1.54) is 11.8 Å². The lowest BCUT2D eigenvalue weighted by atomic mass is 10.1. The van der Waals surface area contributed by atoms with Gasteiger partial charge in [-0.05, 0) is 25.1 Å². The Hall–Kier alpha value is -3.19. The Morgan fingerprint density at radius 2 is 1.85 bits per heavy atom. The van der Waals surface area contributed by atoms with Crippen molar-refractivity contribution < 1.29 is 9.59 Å². The van der Waals surface area contributed by atoms with E-state index in [0.29, 0.717) is 16.4 Å². The molecule has 6 nitrogen and oxygen atoms in total. The van der Waals surface area contributed by atoms with E-state index in [9.17, 15) is 9.59 Å². The summed E-state index contributed by atoms with van der Waals surface area (Å²) in [5.41, 5.74) is 3.09. The monoisotopic (exact) mass is 376 g/mol. The third-order valence-electron chi connectivity index (χ3n) is 4.25. The van der Waals surface area contributed by atoms with E-state index in [-0.39, 0.29) is 17.6 Å². The minimum absolute atomic E-state index is 0.180. The maximum atomic E-state index is 12.7. The minimum atomic E-state index is -0.385. The van der Waals surface area contributed by atoms with E-state index in [4.69, 9.17) is 0 Å². The number of fused-ring (bicyclic) bond motifs is 1. The van der Waals surface area contributed by atoms with Crippen LogP contribution in [0, 0.1) is 0 Å². The molecule has 0 saturated carbocycles. The van der Waals surface area contributed by atoms with Gasteiger partial charge in [0, 0.05) is 28.2 Å². The Bertz CT molecular complexity index is 1090. The summed E-state index contributed by atoms with van der Waals surface area (Å²) in [7, 11) is 0. The fraction of sp³-hybridized carbons (Fsp3) is 0.100. The van der Waals surface area contributed by atoms with Crippen molar-refractivity contribution in [3.05, 3.63) is 71.9 Å². The number of hydrogen-bond acceptors (Lipinski definition) is 5. The van der Waals surface area contributed by atoms with Gasteiger partial charge in [0.05, 0.1) is 11.5 Å². The van der Waals surface area contributed by atoms with Crippen LogP contribution in [-0.4, -0.2) is 38.3 Å². The minimum Gasteiger partial charge on any atom is -0.360 e. The highest BCUT2D eigenvalue weighted by Crippen LogP contribution is 2.23. The second-order valence-corrected chi connectivity index (χ2v) is 6.95. The zero-order valence-corrected chi connectivity index (χ0v) is 15.4. The number of nitrogens with one attached hydrogen (secondary N) is 1. The van der Waals surface area contributed by atoms with E-state index in [0.717, 1.165) is 21.4 Å². The third-order valence-corrected chi connectivity index (χ3v) is 5.17. The first-order valence-electron chi connectivity index (χ1n) is 8.39. The van der Waals surface area contributed by atoms with Gasteiger partial charge >= 0.3 is 0 Å². The first-order valence-corrected chi connectivity index (χ1v) is 9.37. The van der Waals surface area contributed by atoms with Crippen LogP contribution < -0.4 is 0 Å². The molecule has 0 aliphatic carbocycles. The molecule has 134 valence electrons. The van der Waals surface area contributed by atoms with Gasteiger partial charge in [0.1, 0.15) is 0 Å². The van der Waals surface area contributed by atoms with Gasteiger partial charge in [-0.2, -0.15) is 5.10 Å². The predicted molar refractivity (Wildman–Crippen MR) is 108 cm³/mol. The van der Waals surface area contributed by atoms with Crippen LogP contribution in [0.1, 0.15) is 22.8 Å². The van der Waals surface area contributed by atoms with Crippen LogP contribution in [0.2, 0.25) is 0 Å². The molecule has 0 unspecified atom stereocenters. The lowest BCUT2D eigenvalue weighted by Gasteiger charge is -2.13. The number of carbonyl (C=O) groups is 2. The maximum absolute atomic E-state index is 12.7. The summed E-state index contributed by atoms with van der Waals surface area (Å²) >= 11 is 1.22. The number of thioether (sulfide) groups is 1. The van der Waals surface area contributed by atoms with Gasteiger partial charge in [-0.3, -0.25) is 9.59 Å². The van der Waals surface area contributed by atoms with E-state index >= 15 is 0 Å². The number of amidine groups is 1. The smallest absolute Gasteiger partial charge is 0.266 e. The van der Waals surface area contributed by atoms with E-state index in [1.54, 1.807) is 24.3 Å². The molecule has 1 aliphatic rings. The lowest BCUT2D eigenvalue weighted by Crippen LogP contribution is -2.35. The Morgan fingerprint density at radius 1 is 1.11 bits per heavy atom. The highest BCUT2D eigenvalue weighted by atomic mass is 32.2. The molecule has 7 heteroatoms. The molecule has 1 aliphatic heterocycles. The lowest BCUT2D eigenvalue weighted by molar-refractivity contribution is -0.122. The van der Waals surface area contributed by atoms with Gasteiger partial charge < -0.3 is 4.98 Å². The second-order valence-electron chi connectivity index (χ2n) is 6.00. The van der Waals surface area contributed by atoms with Crippen molar-refractivity contribution in [1.82, 2.24) is 9.88 Å². The molecule has 1 N–H and O–H groups in total. The molecule has 1 aromatic heterocycles. The molecule has 1 saturated heterocycles. The molecule has 2 heterocycles. The highest BCUT2D eigenvalue weighted by Gasteiger charge is 2.34. The summed E-state index contributed by atoms with van der Waals surface area (Å²) in [5.74, 6) is -0.490. The van der Waals surface area contributed by atoms with Gasteiger partial charge in [0.15, 0.2) is 5.17 Å². The van der Waals surface area contributed by atoms with Crippen LogP contribution >= 0.6 is 11.8 Å². The molecule has 1 fully saturated rings. The number of H-pyrrole nitrogens is 1. The van der Waals surface area contributed by atoms with Gasteiger partial charge in [-0.15, -0.1) is 5.10 Å². The van der Waals surface area contributed by atoms with Crippen LogP contribution in [0.5, 0.6) is 0 Å². The molecular weight excluding hydrogens is 360 g/mol. The van der Waals surface area contributed by atoms with Crippen LogP contribution in [0.25, 0.3) is 10.9 Å². The fourth-order valence-corrected chi connectivity index (χ4v) is 3.68. The van der Waals surface area contributed by atoms with Crippen LogP contribution in [0.15, 0.2) is 71.0 Å². The van der Waals surface area contributed by atoms with Crippen molar-refractivity contribution >= 4 is 45.4 Å². The molecule has 2 amide bonds. The maximum Gasteiger partial charge on any atom is 0.266 e. The summed E-state index contributed by atoms with van der Waals surface area (Å²) in [5, 5.41) is 9.83. The van der Waals surface area contributed by atoms with Crippen molar-refractivity contribution in [2.24, 2.45) is 10.2 Å². The number of nitrogens with zero attached hydrogens (tertiary/aromatic N) is 3. The van der Waals surface area contributed by atoms with Crippen molar-refractivity contribution in [3.8, 4) is 0 Å². The van der Waals surface area contributed by atoms with E-state index in [2.05, 4.69) is 15.2 Å². The zero-order chi connectivity index (χ0) is 18.8. The fourth-order valence-electron chi connectivity index (χ4n) is 2.89. The van der Waals surface area contributed by atoms with E-state index < -0.39 is 0 Å². The van der Waals surface area contributed by atoms with Crippen molar-refractivity contribution in [3.63, 3.8) is 0 Å². The number of benzene rings is 2. The number of rotatable bonds is 3. The van der Waals surface area contributed by atoms with Crippen molar-refractivity contribution in [2.75, 3.05) is 5.75 Å².